The Balaban J connectivity index is 2.11. The Hall–Kier alpha value is -2.36. The second-order valence-corrected chi connectivity index (χ2v) is 5.12. The van der Waals surface area contributed by atoms with E-state index in [0.717, 1.165) is 5.56 Å². The average molecular weight is 272 g/mol. The van der Waals surface area contributed by atoms with Crippen LogP contribution in [0.25, 0.3) is 0 Å². The Morgan fingerprint density at radius 3 is 2.80 bits per heavy atom. The number of hydrogen-bond acceptors (Lipinski definition) is 3. The molecular formula is C16H13FO3. The lowest BCUT2D eigenvalue weighted by atomic mass is 9.84. The Morgan fingerprint density at radius 1 is 1.25 bits per heavy atom. The van der Waals surface area contributed by atoms with Crippen molar-refractivity contribution < 1.29 is 19.0 Å². The molecule has 3 nitrogen and oxygen atoms in total. The van der Waals surface area contributed by atoms with Crippen molar-refractivity contribution in [2.24, 2.45) is 0 Å². The van der Waals surface area contributed by atoms with Crippen LogP contribution in [0.5, 0.6) is 5.75 Å². The first-order valence-corrected chi connectivity index (χ1v) is 6.30. The summed E-state index contributed by atoms with van der Waals surface area (Å²) in [6.07, 6.45) is 0.395. The zero-order valence-electron chi connectivity index (χ0n) is 10.9. The third-order valence-corrected chi connectivity index (χ3v) is 3.61. The molecule has 3 rings (SSSR count). The van der Waals surface area contributed by atoms with Gasteiger partial charge in [0.15, 0.2) is 0 Å². The molecule has 0 bridgehead atoms. The molecule has 1 aliphatic heterocycles. The fourth-order valence-electron chi connectivity index (χ4n) is 2.61. The van der Waals surface area contributed by atoms with Crippen molar-refractivity contribution in [3.63, 3.8) is 0 Å². The maximum absolute atomic E-state index is 13.4. The van der Waals surface area contributed by atoms with E-state index in [1.807, 2.05) is 12.1 Å². The summed E-state index contributed by atoms with van der Waals surface area (Å²) < 4.78 is 18.9. The Morgan fingerprint density at radius 2 is 2.00 bits per heavy atom. The van der Waals surface area contributed by atoms with Gasteiger partial charge in [-0.25, -0.2) is 9.18 Å². The van der Waals surface area contributed by atoms with Crippen molar-refractivity contribution in [3.05, 3.63) is 65.0 Å². The highest BCUT2D eigenvalue weighted by Gasteiger charge is 2.39. The number of cyclic esters (lactones) is 1. The molecule has 1 N–H and O–H groups in total. The fourth-order valence-corrected chi connectivity index (χ4v) is 2.61. The lowest BCUT2D eigenvalue weighted by molar-refractivity contribution is -0.0192. The molecule has 0 radical (unpaired) electrons. The van der Waals surface area contributed by atoms with Crippen LogP contribution >= 0.6 is 0 Å². The maximum Gasteiger partial charge on any atom is 0.339 e. The van der Waals surface area contributed by atoms with Gasteiger partial charge in [0.1, 0.15) is 17.2 Å². The van der Waals surface area contributed by atoms with Gasteiger partial charge in [-0.2, -0.15) is 0 Å². The zero-order valence-corrected chi connectivity index (χ0v) is 10.9. The molecule has 0 saturated heterocycles. The van der Waals surface area contributed by atoms with Crippen molar-refractivity contribution in [2.45, 2.75) is 18.9 Å². The summed E-state index contributed by atoms with van der Waals surface area (Å²) in [5.41, 5.74) is 0.550. The van der Waals surface area contributed by atoms with Crippen molar-refractivity contribution in [3.8, 4) is 5.75 Å². The van der Waals surface area contributed by atoms with Crippen LogP contribution in [-0.2, 0) is 16.8 Å². The van der Waals surface area contributed by atoms with E-state index < -0.39 is 17.4 Å². The molecule has 1 unspecified atom stereocenters. The predicted octanol–water partition coefficient (Wildman–Crippen LogP) is 3.16. The number of phenolic OH excluding ortho intramolecular Hbond substituents is 1. The number of carbonyl (C=O) groups excluding carboxylic acids is 1. The van der Waals surface area contributed by atoms with Gasteiger partial charge in [0.05, 0.1) is 5.56 Å². The molecule has 2 aromatic rings. The molecule has 0 spiro atoms. The molecule has 0 aliphatic carbocycles. The summed E-state index contributed by atoms with van der Waals surface area (Å²) in [5.74, 6) is -1.02. The predicted molar refractivity (Wildman–Crippen MR) is 71.0 cm³/mol. The van der Waals surface area contributed by atoms with Crippen LogP contribution in [0.1, 0.15) is 28.4 Å². The zero-order chi connectivity index (χ0) is 14.3. The van der Waals surface area contributed by atoms with Gasteiger partial charge in [0.2, 0.25) is 0 Å². The number of esters is 1. The summed E-state index contributed by atoms with van der Waals surface area (Å²) in [6, 6.07) is 10.8. The Kier molecular flexibility index (Phi) is 2.74. The lowest BCUT2D eigenvalue weighted by Crippen LogP contribution is -2.36. The number of benzene rings is 2. The van der Waals surface area contributed by atoms with Crippen LogP contribution < -0.4 is 0 Å². The van der Waals surface area contributed by atoms with Crippen LogP contribution in [0, 0.1) is 5.82 Å². The SMILES string of the molecule is CC1(c2cc(F)ccc2O)Cc2ccccc2C(=O)O1. The molecule has 1 aliphatic rings. The van der Waals surface area contributed by atoms with E-state index in [1.54, 1.807) is 19.1 Å². The third kappa shape index (κ3) is 1.93. The molecule has 1 atom stereocenters. The molecule has 0 saturated carbocycles. The second-order valence-electron chi connectivity index (χ2n) is 5.12. The van der Waals surface area contributed by atoms with Gasteiger partial charge in [-0.3, -0.25) is 0 Å². The summed E-state index contributed by atoms with van der Waals surface area (Å²) >= 11 is 0. The van der Waals surface area contributed by atoms with E-state index in [9.17, 15) is 14.3 Å². The smallest absolute Gasteiger partial charge is 0.339 e. The topological polar surface area (TPSA) is 46.5 Å². The molecule has 1 heterocycles. The van der Waals surface area contributed by atoms with Gasteiger partial charge < -0.3 is 9.84 Å². The van der Waals surface area contributed by atoms with E-state index >= 15 is 0 Å². The maximum atomic E-state index is 13.4. The van der Waals surface area contributed by atoms with Crippen molar-refractivity contribution >= 4 is 5.97 Å². The molecule has 102 valence electrons. The van der Waals surface area contributed by atoms with E-state index in [1.165, 1.54) is 18.2 Å². The highest BCUT2D eigenvalue weighted by Crippen LogP contribution is 2.39. The van der Waals surface area contributed by atoms with Crippen LogP contribution in [0.4, 0.5) is 4.39 Å². The molecule has 20 heavy (non-hydrogen) atoms. The Bertz CT molecular complexity index is 696. The first kappa shape index (κ1) is 12.7. The summed E-state index contributed by atoms with van der Waals surface area (Å²) in [6.45, 7) is 1.68. The van der Waals surface area contributed by atoms with Crippen LogP contribution in [-0.4, -0.2) is 11.1 Å². The molecule has 0 aromatic heterocycles. The van der Waals surface area contributed by atoms with Gasteiger partial charge in [-0.15, -0.1) is 0 Å². The Labute approximate surface area is 115 Å². The van der Waals surface area contributed by atoms with Crippen LogP contribution in [0.2, 0.25) is 0 Å². The van der Waals surface area contributed by atoms with E-state index in [-0.39, 0.29) is 11.3 Å². The number of ether oxygens (including phenoxy) is 1. The van der Waals surface area contributed by atoms with Crippen molar-refractivity contribution in [2.75, 3.05) is 0 Å². The first-order chi connectivity index (χ1) is 9.49. The normalized spacial score (nSPS) is 21.2. The van der Waals surface area contributed by atoms with Gasteiger partial charge in [-0.1, -0.05) is 18.2 Å². The minimum absolute atomic E-state index is 0.0823. The van der Waals surface area contributed by atoms with Gasteiger partial charge >= 0.3 is 5.97 Å². The number of halogens is 1. The molecule has 0 amide bonds. The average Bonchev–Trinajstić information content (AvgIpc) is 2.41. The fraction of sp³-hybridized carbons (Fsp3) is 0.188. The number of rotatable bonds is 1. The number of phenols is 1. The summed E-state index contributed by atoms with van der Waals surface area (Å²) in [5, 5.41) is 9.93. The van der Waals surface area contributed by atoms with E-state index in [0.29, 0.717) is 12.0 Å². The molecular weight excluding hydrogens is 259 g/mol. The number of hydrogen-bond donors (Lipinski definition) is 1. The lowest BCUT2D eigenvalue weighted by Gasteiger charge is -2.35. The molecule has 0 fully saturated rings. The van der Waals surface area contributed by atoms with Gasteiger partial charge in [0, 0.05) is 12.0 Å². The molecule has 4 heteroatoms. The van der Waals surface area contributed by atoms with E-state index in [4.69, 9.17) is 4.74 Å². The quantitative estimate of drug-likeness (QED) is 0.811. The monoisotopic (exact) mass is 272 g/mol. The number of aromatic hydroxyl groups is 1. The minimum atomic E-state index is -1.07. The second kappa shape index (κ2) is 4.34. The van der Waals surface area contributed by atoms with Crippen molar-refractivity contribution in [1.82, 2.24) is 0 Å². The highest BCUT2D eigenvalue weighted by atomic mass is 19.1. The number of fused-ring (bicyclic) bond motifs is 1. The van der Waals surface area contributed by atoms with Crippen LogP contribution in [0.3, 0.4) is 0 Å². The third-order valence-electron chi connectivity index (χ3n) is 3.61. The van der Waals surface area contributed by atoms with Crippen LogP contribution in [0.15, 0.2) is 42.5 Å². The standard InChI is InChI=1S/C16H13FO3/c1-16(13-8-11(17)6-7-14(13)18)9-10-4-2-3-5-12(10)15(19)20-16/h2-8,18H,9H2,1H3. The first-order valence-electron chi connectivity index (χ1n) is 6.30. The molecule has 2 aromatic carbocycles. The van der Waals surface area contributed by atoms with Crippen molar-refractivity contribution in [1.29, 1.82) is 0 Å². The summed E-state index contributed by atoms with van der Waals surface area (Å²) in [7, 11) is 0. The largest absolute Gasteiger partial charge is 0.508 e. The minimum Gasteiger partial charge on any atom is -0.508 e. The van der Waals surface area contributed by atoms with Gasteiger partial charge in [-0.05, 0) is 36.8 Å². The summed E-state index contributed by atoms with van der Waals surface area (Å²) in [4.78, 5) is 12.1. The van der Waals surface area contributed by atoms with Gasteiger partial charge in [0.25, 0.3) is 0 Å². The highest BCUT2D eigenvalue weighted by molar-refractivity contribution is 5.92. The number of carbonyl (C=O) groups is 1. The van der Waals surface area contributed by atoms with E-state index in [2.05, 4.69) is 0 Å².